The summed E-state index contributed by atoms with van der Waals surface area (Å²) in [6.07, 6.45) is 5.48. The number of para-hydroxylation sites is 2. The molecule has 3 aromatic rings. The van der Waals surface area contributed by atoms with E-state index in [0.717, 1.165) is 49.3 Å². The van der Waals surface area contributed by atoms with E-state index in [1.54, 1.807) is 6.20 Å². The maximum atomic E-state index is 12.8. The van der Waals surface area contributed by atoms with Gasteiger partial charge in [0.1, 0.15) is 5.82 Å². The molecule has 1 aromatic carbocycles. The lowest BCUT2D eigenvalue weighted by Gasteiger charge is -2.31. The van der Waals surface area contributed by atoms with Gasteiger partial charge in [-0.15, -0.1) is 0 Å². The molecule has 0 radical (unpaired) electrons. The first-order chi connectivity index (χ1) is 12.1. The van der Waals surface area contributed by atoms with E-state index in [4.69, 9.17) is 4.98 Å². The van der Waals surface area contributed by atoms with Crippen LogP contribution in [0.15, 0.2) is 36.7 Å². The van der Waals surface area contributed by atoms with Crippen molar-refractivity contribution in [1.29, 1.82) is 0 Å². The van der Waals surface area contributed by atoms with E-state index < -0.39 is 0 Å². The number of fused-ring (bicyclic) bond motifs is 1. The summed E-state index contributed by atoms with van der Waals surface area (Å²) in [5, 5.41) is 0. The largest absolute Gasteiger partial charge is 0.332 e. The molecule has 1 aliphatic heterocycles. The first-order valence-corrected chi connectivity index (χ1v) is 8.77. The third kappa shape index (κ3) is 2.98. The molecule has 3 heterocycles. The Labute approximate surface area is 147 Å². The number of hydrogen-bond donors (Lipinski definition) is 0. The van der Waals surface area contributed by atoms with Gasteiger partial charge in [-0.2, -0.15) is 0 Å². The van der Waals surface area contributed by atoms with Crippen LogP contribution >= 0.6 is 0 Å². The molecule has 6 nitrogen and oxygen atoms in total. The predicted molar refractivity (Wildman–Crippen MR) is 96.3 cm³/mol. The molecular weight excluding hydrogens is 314 g/mol. The number of rotatable bonds is 4. The summed E-state index contributed by atoms with van der Waals surface area (Å²) in [7, 11) is 3.94. The van der Waals surface area contributed by atoms with Gasteiger partial charge in [0, 0.05) is 39.0 Å². The molecule has 130 valence electrons. The number of carbonyl (C=O) groups excluding carboxylic acids is 1. The molecule has 0 N–H and O–H groups in total. The zero-order chi connectivity index (χ0) is 17.4. The highest BCUT2D eigenvalue weighted by atomic mass is 16.1. The highest BCUT2D eigenvalue weighted by Crippen LogP contribution is 2.23. The average Bonchev–Trinajstić information content (AvgIpc) is 3.19. The van der Waals surface area contributed by atoms with Crippen molar-refractivity contribution in [3.8, 4) is 0 Å². The van der Waals surface area contributed by atoms with Crippen molar-refractivity contribution in [2.75, 3.05) is 13.1 Å². The Morgan fingerprint density at radius 1 is 1.28 bits per heavy atom. The topological polar surface area (TPSA) is 56.0 Å². The number of benzene rings is 1. The normalized spacial score (nSPS) is 18.7. The number of carbonyl (C=O) groups is 1. The van der Waals surface area contributed by atoms with Crippen molar-refractivity contribution in [2.24, 2.45) is 20.0 Å². The van der Waals surface area contributed by atoms with E-state index in [1.165, 1.54) is 0 Å². The van der Waals surface area contributed by atoms with Gasteiger partial charge >= 0.3 is 0 Å². The van der Waals surface area contributed by atoms with Crippen molar-refractivity contribution in [3.05, 3.63) is 48.3 Å². The number of ketones is 1. The molecular formula is C19H23N5O. The summed E-state index contributed by atoms with van der Waals surface area (Å²) >= 11 is 0. The van der Waals surface area contributed by atoms with Crippen molar-refractivity contribution < 1.29 is 4.79 Å². The van der Waals surface area contributed by atoms with Gasteiger partial charge in [0.25, 0.3) is 0 Å². The van der Waals surface area contributed by atoms with E-state index in [-0.39, 0.29) is 11.7 Å². The zero-order valence-corrected chi connectivity index (χ0v) is 14.7. The smallest absolute Gasteiger partial charge is 0.202 e. The summed E-state index contributed by atoms with van der Waals surface area (Å²) in [6, 6.07) is 8.19. The summed E-state index contributed by atoms with van der Waals surface area (Å²) < 4.78 is 3.96. The molecule has 1 aliphatic rings. The SMILES string of the molecule is Cn1ccnc1C(=O)C1CCCN(Cc2nc3ccccc3n2C)C1. The summed E-state index contributed by atoms with van der Waals surface area (Å²) in [5.74, 6) is 1.78. The first-order valence-electron chi connectivity index (χ1n) is 8.77. The standard InChI is InChI=1S/C19H23N5O/c1-22-11-9-20-19(22)18(25)14-6-5-10-24(12-14)13-17-21-15-7-3-4-8-16(15)23(17)2/h3-4,7-9,11,14H,5-6,10,12-13H2,1-2H3. The van der Waals surface area contributed by atoms with Gasteiger partial charge in [0.15, 0.2) is 5.82 Å². The third-order valence-electron chi connectivity index (χ3n) is 5.16. The van der Waals surface area contributed by atoms with Gasteiger partial charge in [-0.25, -0.2) is 9.97 Å². The Morgan fingerprint density at radius 2 is 2.12 bits per heavy atom. The van der Waals surface area contributed by atoms with Gasteiger partial charge in [-0.3, -0.25) is 9.69 Å². The second kappa shape index (κ2) is 6.44. The second-order valence-electron chi connectivity index (χ2n) is 6.88. The Morgan fingerprint density at radius 3 is 2.88 bits per heavy atom. The van der Waals surface area contributed by atoms with Crippen LogP contribution < -0.4 is 0 Å². The van der Waals surface area contributed by atoms with Crippen molar-refractivity contribution in [3.63, 3.8) is 0 Å². The van der Waals surface area contributed by atoms with E-state index in [2.05, 4.69) is 27.6 Å². The molecule has 6 heteroatoms. The predicted octanol–water partition coefficient (Wildman–Crippen LogP) is 2.40. The first kappa shape index (κ1) is 16.0. The summed E-state index contributed by atoms with van der Waals surface area (Å²) in [5.41, 5.74) is 2.17. The molecule has 25 heavy (non-hydrogen) atoms. The van der Waals surface area contributed by atoms with Gasteiger partial charge in [0.2, 0.25) is 5.78 Å². The number of hydrogen-bond acceptors (Lipinski definition) is 4. The van der Waals surface area contributed by atoms with E-state index in [9.17, 15) is 4.79 Å². The van der Waals surface area contributed by atoms with Crippen LogP contribution in [0.3, 0.4) is 0 Å². The molecule has 2 aromatic heterocycles. The third-order valence-corrected chi connectivity index (χ3v) is 5.16. The van der Waals surface area contributed by atoms with Crippen LogP contribution in [0.25, 0.3) is 11.0 Å². The molecule has 0 bridgehead atoms. The van der Waals surface area contributed by atoms with Crippen molar-refractivity contribution >= 4 is 16.8 Å². The number of likely N-dealkylation sites (tertiary alicyclic amines) is 1. The lowest BCUT2D eigenvalue weighted by Crippen LogP contribution is -2.39. The number of aryl methyl sites for hydroxylation is 2. The second-order valence-corrected chi connectivity index (χ2v) is 6.88. The zero-order valence-electron chi connectivity index (χ0n) is 14.7. The van der Waals surface area contributed by atoms with Gasteiger partial charge in [-0.1, -0.05) is 12.1 Å². The minimum Gasteiger partial charge on any atom is -0.332 e. The fourth-order valence-corrected chi connectivity index (χ4v) is 3.74. The number of Topliss-reactive ketones (excluding diaryl/α,β-unsaturated/α-hetero) is 1. The van der Waals surface area contributed by atoms with Crippen LogP contribution in [0.1, 0.15) is 29.3 Å². The van der Waals surface area contributed by atoms with E-state index >= 15 is 0 Å². The van der Waals surface area contributed by atoms with Crippen molar-refractivity contribution in [2.45, 2.75) is 19.4 Å². The number of nitrogens with zero attached hydrogens (tertiary/aromatic N) is 5. The van der Waals surface area contributed by atoms with Crippen LogP contribution in [0.2, 0.25) is 0 Å². The molecule has 1 fully saturated rings. The Kier molecular flexibility index (Phi) is 4.13. The van der Waals surface area contributed by atoms with E-state index in [1.807, 2.05) is 36.0 Å². The molecule has 1 unspecified atom stereocenters. The maximum absolute atomic E-state index is 12.8. The van der Waals surface area contributed by atoms with Crippen LogP contribution in [-0.4, -0.2) is 42.9 Å². The minimum absolute atomic E-state index is 0.0181. The molecule has 0 amide bonds. The number of aromatic nitrogens is 4. The molecule has 0 aliphatic carbocycles. The molecule has 0 saturated carbocycles. The highest BCUT2D eigenvalue weighted by Gasteiger charge is 2.29. The minimum atomic E-state index is 0.0181. The fraction of sp³-hybridized carbons (Fsp3) is 0.421. The fourth-order valence-electron chi connectivity index (χ4n) is 3.74. The summed E-state index contributed by atoms with van der Waals surface area (Å²) in [4.78, 5) is 24.1. The van der Waals surface area contributed by atoms with E-state index in [0.29, 0.717) is 5.82 Å². The number of piperidine rings is 1. The Hall–Kier alpha value is -2.47. The van der Waals surface area contributed by atoms with Gasteiger partial charge in [0.05, 0.1) is 17.6 Å². The Balaban J connectivity index is 1.50. The lowest BCUT2D eigenvalue weighted by molar-refractivity contribution is 0.0793. The molecule has 0 spiro atoms. The van der Waals surface area contributed by atoms with Crippen molar-refractivity contribution in [1.82, 2.24) is 24.0 Å². The van der Waals surface area contributed by atoms with Crippen LogP contribution in [-0.2, 0) is 20.6 Å². The maximum Gasteiger partial charge on any atom is 0.202 e. The Bertz CT molecular complexity index is 910. The summed E-state index contributed by atoms with van der Waals surface area (Å²) in [6.45, 7) is 2.55. The molecule has 1 atom stereocenters. The highest BCUT2D eigenvalue weighted by molar-refractivity contribution is 5.95. The van der Waals surface area contributed by atoms with Gasteiger partial charge in [-0.05, 0) is 31.5 Å². The quantitative estimate of drug-likeness (QED) is 0.686. The monoisotopic (exact) mass is 337 g/mol. The van der Waals surface area contributed by atoms with Crippen LogP contribution in [0.5, 0.6) is 0 Å². The lowest BCUT2D eigenvalue weighted by atomic mass is 9.93. The van der Waals surface area contributed by atoms with Crippen LogP contribution in [0.4, 0.5) is 0 Å². The molecule has 1 saturated heterocycles. The average molecular weight is 337 g/mol. The van der Waals surface area contributed by atoms with Gasteiger partial charge < -0.3 is 9.13 Å². The number of imidazole rings is 2. The van der Waals surface area contributed by atoms with Crippen LogP contribution in [0, 0.1) is 5.92 Å². The molecule has 4 rings (SSSR count).